The van der Waals surface area contributed by atoms with E-state index in [9.17, 15) is 9.59 Å². The van der Waals surface area contributed by atoms with Gasteiger partial charge in [0.1, 0.15) is 5.76 Å². The molecule has 2 rings (SSSR count). The third-order valence-electron chi connectivity index (χ3n) is 3.17. The first kappa shape index (κ1) is 14.3. The lowest BCUT2D eigenvalue weighted by molar-refractivity contribution is -0.119. The zero-order chi connectivity index (χ0) is 14.5. The summed E-state index contributed by atoms with van der Waals surface area (Å²) < 4.78 is 4.86. The van der Waals surface area contributed by atoms with Gasteiger partial charge in [0.05, 0.1) is 6.54 Å². The second-order valence-electron chi connectivity index (χ2n) is 4.94. The SMILES string of the molecule is Cc1cc(NC(=O)NC2CCN(CC(N)=O)CC2)no1. The molecule has 8 heteroatoms. The van der Waals surface area contributed by atoms with Gasteiger partial charge in [-0.2, -0.15) is 0 Å². The molecule has 1 aliphatic heterocycles. The van der Waals surface area contributed by atoms with E-state index in [0.717, 1.165) is 25.9 Å². The summed E-state index contributed by atoms with van der Waals surface area (Å²) in [4.78, 5) is 24.6. The van der Waals surface area contributed by atoms with Gasteiger partial charge in [0.2, 0.25) is 5.91 Å². The average molecular weight is 281 g/mol. The number of likely N-dealkylation sites (tertiary alicyclic amines) is 1. The standard InChI is InChI=1S/C12H19N5O3/c1-8-6-11(16-20-8)15-12(19)14-9-2-4-17(5-3-9)7-10(13)18/h6,9H,2-5,7H2,1H3,(H2,13,18)(H2,14,15,16,19). The molecular formula is C12H19N5O3. The maximum Gasteiger partial charge on any atom is 0.320 e. The van der Waals surface area contributed by atoms with E-state index in [4.69, 9.17) is 10.3 Å². The number of aromatic nitrogens is 1. The van der Waals surface area contributed by atoms with Gasteiger partial charge in [-0.25, -0.2) is 4.79 Å². The molecule has 110 valence electrons. The van der Waals surface area contributed by atoms with Crippen LogP contribution in [0.15, 0.2) is 10.6 Å². The quantitative estimate of drug-likeness (QED) is 0.722. The van der Waals surface area contributed by atoms with Gasteiger partial charge in [-0.15, -0.1) is 0 Å². The third-order valence-corrected chi connectivity index (χ3v) is 3.17. The van der Waals surface area contributed by atoms with Crippen LogP contribution in [0.4, 0.5) is 10.6 Å². The number of carbonyl (C=O) groups is 2. The molecule has 8 nitrogen and oxygen atoms in total. The van der Waals surface area contributed by atoms with Crippen LogP contribution in [0.25, 0.3) is 0 Å². The van der Waals surface area contributed by atoms with Crippen molar-refractivity contribution in [3.05, 3.63) is 11.8 Å². The maximum atomic E-state index is 11.8. The van der Waals surface area contributed by atoms with Crippen LogP contribution >= 0.6 is 0 Å². The summed E-state index contributed by atoms with van der Waals surface area (Å²) in [6, 6.07) is 1.44. The Morgan fingerprint density at radius 2 is 2.20 bits per heavy atom. The zero-order valence-corrected chi connectivity index (χ0v) is 11.4. The number of hydrogen-bond acceptors (Lipinski definition) is 5. The lowest BCUT2D eigenvalue weighted by Gasteiger charge is -2.31. The number of primary amides is 1. The summed E-state index contributed by atoms with van der Waals surface area (Å²) >= 11 is 0. The molecule has 0 aromatic carbocycles. The third kappa shape index (κ3) is 4.23. The predicted octanol–water partition coefficient (Wildman–Crippen LogP) is 0.0542. The molecule has 1 fully saturated rings. The van der Waals surface area contributed by atoms with Gasteiger partial charge in [0.25, 0.3) is 0 Å². The molecule has 1 aliphatic rings. The number of anilines is 1. The number of nitrogens with one attached hydrogen (secondary N) is 2. The van der Waals surface area contributed by atoms with Gasteiger partial charge in [-0.05, 0) is 19.8 Å². The van der Waals surface area contributed by atoms with Crippen LogP contribution < -0.4 is 16.4 Å². The lowest BCUT2D eigenvalue weighted by atomic mass is 10.1. The highest BCUT2D eigenvalue weighted by Gasteiger charge is 2.21. The van der Waals surface area contributed by atoms with Crippen molar-refractivity contribution < 1.29 is 14.1 Å². The Bertz CT molecular complexity index is 479. The Balaban J connectivity index is 1.72. The molecule has 0 unspecified atom stereocenters. The number of hydrogen-bond donors (Lipinski definition) is 3. The molecule has 0 bridgehead atoms. The summed E-state index contributed by atoms with van der Waals surface area (Å²) in [5.74, 6) is 0.710. The van der Waals surface area contributed by atoms with Gasteiger partial charge in [-0.3, -0.25) is 15.0 Å². The van der Waals surface area contributed by atoms with Crippen molar-refractivity contribution in [2.75, 3.05) is 25.0 Å². The van der Waals surface area contributed by atoms with E-state index in [1.54, 1.807) is 13.0 Å². The topological polar surface area (TPSA) is 113 Å². The van der Waals surface area contributed by atoms with Crippen LogP contribution in [-0.4, -0.2) is 47.7 Å². The van der Waals surface area contributed by atoms with Crippen LogP contribution in [0.3, 0.4) is 0 Å². The molecule has 1 saturated heterocycles. The number of aryl methyl sites for hydroxylation is 1. The van der Waals surface area contributed by atoms with Gasteiger partial charge in [0.15, 0.2) is 5.82 Å². The van der Waals surface area contributed by atoms with Crippen LogP contribution in [0.1, 0.15) is 18.6 Å². The minimum atomic E-state index is -0.324. The first-order valence-corrected chi connectivity index (χ1v) is 6.54. The fraction of sp³-hybridized carbons (Fsp3) is 0.583. The lowest BCUT2D eigenvalue weighted by Crippen LogP contribution is -2.47. The Morgan fingerprint density at radius 3 is 2.75 bits per heavy atom. The smallest absolute Gasteiger partial charge is 0.320 e. The fourth-order valence-electron chi connectivity index (χ4n) is 2.22. The first-order chi connectivity index (χ1) is 9.52. The average Bonchev–Trinajstić information content (AvgIpc) is 2.76. The molecule has 3 amide bonds. The first-order valence-electron chi connectivity index (χ1n) is 6.54. The van der Waals surface area contributed by atoms with Crippen molar-refractivity contribution in [1.29, 1.82) is 0 Å². The van der Waals surface area contributed by atoms with Crippen molar-refractivity contribution in [2.24, 2.45) is 5.73 Å². The van der Waals surface area contributed by atoms with Crippen molar-refractivity contribution in [3.63, 3.8) is 0 Å². The zero-order valence-electron chi connectivity index (χ0n) is 11.4. The number of piperidine rings is 1. The largest absolute Gasteiger partial charge is 0.369 e. The van der Waals surface area contributed by atoms with E-state index >= 15 is 0 Å². The highest BCUT2D eigenvalue weighted by molar-refractivity contribution is 5.88. The van der Waals surface area contributed by atoms with Gasteiger partial charge < -0.3 is 15.6 Å². The molecule has 20 heavy (non-hydrogen) atoms. The van der Waals surface area contributed by atoms with Crippen LogP contribution in [-0.2, 0) is 4.79 Å². The van der Waals surface area contributed by atoms with Crippen molar-refractivity contribution >= 4 is 17.8 Å². The fourth-order valence-corrected chi connectivity index (χ4v) is 2.22. The summed E-state index contributed by atoms with van der Waals surface area (Å²) in [5, 5.41) is 9.17. The molecule has 1 aromatic heterocycles. The van der Waals surface area contributed by atoms with Crippen molar-refractivity contribution in [1.82, 2.24) is 15.4 Å². The Labute approximate surface area is 116 Å². The van der Waals surface area contributed by atoms with E-state index < -0.39 is 0 Å². The number of carbonyl (C=O) groups excluding carboxylic acids is 2. The van der Waals surface area contributed by atoms with E-state index in [1.807, 2.05) is 4.90 Å². The number of amides is 3. The van der Waals surface area contributed by atoms with E-state index in [0.29, 0.717) is 11.6 Å². The summed E-state index contributed by atoms with van der Waals surface area (Å²) in [7, 11) is 0. The van der Waals surface area contributed by atoms with Crippen molar-refractivity contribution in [2.45, 2.75) is 25.8 Å². The molecule has 0 spiro atoms. The molecular weight excluding hydrogens is 262 g/mol. The maximum absolute atomic E-state index is 11.8. The second-order valence-corrected chi connectivity index (χ2v) is 4.94. The summed E-state index contributed by atoms with van der Waals surface area (Å²) in [5.41, 5.74) is 5.15. The van der Waals surface area contributed by atoms with E-state index in [1.165, 1.54) is 0 Å². The molecule has 4 N–H and O–H groups in total. The van der Waals surface area contributed by atoms with Gasteiger partial charge >= 0.3 is 6.03 Å². The van der Waals surface area contributed by atoms with Crippen molar-refractivity contribution in [3.8, 4) is 0 Å². The minimum Gasteiger partial charge on any atom is -0.369 e. The normalized spacial score (nSPS) is 16.9. The molecule has 2 heterocycles. The molecule has 0 atom stereocenters. The Morgan fingerprint density at radius 1 is 1.50 bits per heavy atom. The van der Waals surface area contributed by atoms with E-state index in [-0.39, 0.29) is 24.5 Å². The molecule has 0 aliphatic carbocycles. The summed E-state index contributed by atoms with van der Waals surface area (Å²) in [6.45, 7) is 3.52. The molecule has 0 saturated carbocycles. The second kappa shape index (κ2) is 6.38. The van der Waals surface area contributed by atoms with Gasteiger partial charge in [0, 0.05) is 25.2 Å². The highest BCUT2D eigenvalue weighted by atomic mass is 16.5. The summed E-state index contributed by atoms with van der Waals surface area (Å²) in [6.07, 6.45) is 1.58. The number of nitrogens with two attached hydrogens (primary N) is 1. The van der Waals surface area contributed by atoms with Gasteiger partial charge in [-0.1, -0.05) is 5.16 Å². The Kier molecular flexibility index (Phi) is 4.57. The predicted molar refractivity (Wildman–Crippen MR) is 72.1 cm³/mol. The van der Waals surface area contributed by atoms with Crippen LogP contribution in [0.5, 0.6) is 0 Å². The van der Waals surface area contributed by atoms with Crippen LogP contribution in [0, 0.1) is 6.92 Å². The number of nitrogens with zero attached hydrogens (tertiary/aromatic N) is 2. The number of rotatable bonds is 4. The molecule has 0 radical (unpaired) electrons. The Hall–Kier alpha value is -2.09. The minimum absolute atomic E-state index is 0.0899. The van der Waals surface area contributed by atoms with Crippen LogP contribution in [0.2, 0.25) is 0 Å². The monoisotopic (exact) mass is 281 g/mol. The number of urea groups is 1. The highest BCUT2D eigenvalue weighted by Crippen LogP contribution is 2.11. The van der Waals surface area contributed by atoms with E-state index in [2.05, 4.69) is 15.8 Å². The molecule has 1 aromatic rings.